The van der Waals surface area contributed by atoms with E-state index in [1.807, 2.05) is 26.0 Å². The lowest BCUT2D eigenvalue weighted by atomic mass is 9.82. The summed E-state index contributed by atoms with van der Waals surface area (Å²) in [4.78, 5) is 22.1. The van der Waals surface area contributed by atoms with Crippen molar-refractivity contribution in [2.24, 2.45) is 13.0 Å². The Kier molecular flexibility index (Phi) is 6.13. The third-order valence-electron chi connectivity index (χ3n) is 6.67. The smallest absolute Gasteiger partial charge is 0.258 e. The minimum atomic E-state index is -1.64. The van der Waals surface area contributed by atoms with Gasteiger partial charge in [-0.1, -0.05) is 28.9 Å². The zero-order valence-electron chi connectivity index (χ0n) is 20.5. The van der Waals surface area contributed by atoms with Crippen LogP contribution in [0.2, 0.25) is 5.02 Å². The van der Waals surface area contributed by atoms with Crippen LogP contribution in [0.1, 0.15) is 51.4 Å². The van der Waals surface area contributed by atoms with Crippen molar-refractivity contribution in [2.75, 3.05) is 13.7 Å². The van der Waals surface area contributed by atoms with E-state index in [0.29, 0.717) is 45.9 Å². The molecule has 0 radical (unpaired) electrons. The number of nitrogens with one attached hydrogen (secondary N) is 1. The van der Waals surface area contributed by atoms with Gasteiger partial charge in [0.1, 0.15) is 5.56 Å². The minimum absolute atomic E-state index is 0.151. The number of benzene rings is 1. The molecule has 9 nitrogen and oxygen atoms in total. The highest BCUT2D eigenvalue weighted by atomic mass is 35.5. The van der Waals surface area contributed by atoms with Crippen LogP contribution >= 0.6 is 11.6 Å². The molecule has 1 unspecified atom stereocenters. The predicted octanol–water partition coefficient (Wildman–Crippen LogP) is 3.46. The summed E-state index contributed by atoms with van der Waals surface area (Å²) in [6.45, 7) is 4.33. The summed E-state index contributed by atoms with van der Waals surface area (Å²) in [5, 5.41) is 24.0. The van der Waals surface area contributed by atoms with Crippen LogP contribution in [-0.2, 0) is 12.6 Å². The van der Waals surface area contributed by atoms with Gasteiger partial charge in [-0.05, 0) is 56.4 Å². The van der Waals surface area contributed by atoms with Gasteiger partial charge in [-0.15, -0.1) is 5.10 Å². The Hall–Kier alpha value is -3.56. The van der Waals surface area contributed by atoms with E-state index in [0.717, 1.165) is 18.5 Å². The van der Waals surface area contributed by atoms with E-state index in [1.165, 1.54) is 18.0 Å². The van der Waals surface area contributed by atoms with Gasteiger partial charge in [0.05, 0.1) is 29.5 Å². The van der Waals surface area contributed by atoms with E-state index < -0.39 is 5.60 Å². The molecule has 2 N–H and O–H groups in total. The molecule has 0 spiro atoms. The molecule has 1 aliphatic carbocycles. The largest absolute Gasteiger partial charge is 0.480 e. The zero-order valence-corrected chi connectivity index (χ0v) is 21.3. The molecule has 10 heteroatoms. The lowest BCUT2D eigenvalue weighted by Gasteiger charge is -2.30. The molecule has 186 valence electrons. The Bertz CT molecular complexity index is 1480. The van der Waals surface area contributed by atoms with Crippen LogP contribution in [0.3, 0.4) is 0 Å². The van der Waals surface area contributed by atoms with Gasteiger partial charge in [0.15, 0.2) is 5.60 Å². The first-order chi connectivity index (χ1) is 17.2. The van der Waals surface area contributed by atoms with Crippen LogP contribution in [0, 0.1) is 19.8 Å². The molecular weight excluding hydrogens is 480 g/mol. The number of aryl methyl sites for hydroxylation is 3. The van der Waals surface area contributed by atoms with Crippen molar-refractivity contribution in [3.63, 3.8) is 0 Å². The number of methoxy groups -OCH3 is 1. The predicted molar refractivity (Wildman–Crippen MR) is 135 cm³/mol. The van der Waals surface area contributed by atoms with Gasteiger partial charge in [-0.3, -0.25) is 9.78 Å². The number of fused-ring (bicyclic) bond motifs is 1. The highest BCUT2D eigenvalue weighted by molar-refractivity contribution is 6.38. The second-order valence-corrected chi connectivity index (χ2v) is 9.61. The van der Waals surface area contributed by atoms with Gasteiger partial charge in [0.25, 0.3) is 5.91 Å². The van der Waals surface area contributed by atoms with Crippen LogP contribution in [0.25, 0.3) is 10.9 Å². The first-order valence-corrected chi connectivity index (χ1v) is 12.1. The fourth-order valence-corrected chi connectivity index (χ4v) is 4.87. The molecule has 1 saturated carbocycles. The number of carbonyl (C=O) groups excluding carboxylic acids is 1. The summed E-state index contributed by atoms with van der Waals surface area (Å²) in [5.41, 5.74) is 2.10. The first kappa shape index (κ1) is 24.1. The summed E-state index contributed by atoms with van der Waals surface area (Å²) < 4.78 is 6.93. The van der Waals surface area contributed by atoms with E-state index in [2.05, 4.69) is 25.6 Å². The second kappa shape index (κ2) is 9.15. The molecule has 36 heavy (non-hydrogen) atoms. The fourth-order valence-electron chi connectivity index (χ4n) is 4.55. The van der Waals surface area contributed by atoms with Crippen LogP contribution in [0.15, 0.2) is 36.5 Å². The Labute approximate surface area is 213 Å². The number of nitrogens with zero attached hydrogens (tertiary/aromatic N) is 5. The molecule has 1 aromatic carbocycles. The maximum atomic E-state index is 13.0. The molecule has 1 atom stereocenters. The van der Waals surface area contributed by atoms with Gasteiger partial charge < -0.3 is 15.2 Å². The molecule has 1 amide bonds. The first-order valence-electron chi connectivity index (χ1n) is 11.7. The number of carbonyl (C=O) groups is 1. The quantitative estimate of drug-likeness (QED) is 0.394. The number of hydrogen-bond acceptors (Lipinski definition) is 7. The van der Waals surface area contributed by atoms with Gasteiger partial charge >= 0.3 is 0 Å². The SMILES string of the molecule is COc1nc2ccc(C(O)(c3ccc(C)nc3C)c3cnnn3C)cc2c(Cl)c1C(=O)NCC1CC1. The van der Waals surface area contributed by atoms with Gasteiger partial charge in [0, 0.05) is 35.9 Å². The van der Waals surface area contributed by atoms with Crippen molar-refractivity contribution < 1.29 is 14.6 Å². The molecule has 0 bridgehead atoms. The third kappa shape index (κ3) is 4.08. The van der Waals surface area contributed by atoms with Crippen LogP contribution in [0.5, 0.6) is 5.88 Å². The number of rotatable bonds is 7. The van der Waals surface area contributed by atoms with Crippen LogP contribution in [-0.4, -0.2) is 49.6 Å². The lowest BCUT2D eigenvalue weighted by molar-refractivity contribution is 0.0948. The zero-order chi connectivity index (χ0) is 25.6. The molecule has 5 rings (SSSR count). The number of aromatic nitrogens is 5. The Balaban J connectivity index is 1.71. The number of amides is 1. The Morgan fingerprint density at radius 2 is 2.03 bits per heavy atom. The van der Waals surface area contributed by atoms with E-state index in [4.69, 9.17) is 16.3 Å². The molecule has 3 heterocycles. The van der Waals surface area contributed by atoms with Gasteiger partial charge in [-0.25, -0.2) is 9.67 Å². The van der Waals surface area contributed by atoms with Crippen LogP contribution < -0.4 is 10.1 Å². The molecule has 4 aromatic rings. The third-order valence-corrected chi connectivity index (χ3v) is 7.07. The van der Waals surface area contributed by atoms with E-state index >= 15 is 0 Å². The van der Waals surface area contributed by atoms with E-state index in [1.54, 1.807) is 25.2 Å². The topological polar surface area (TPSA) is 115 Å². The molecular formula is C26H27ClN6O3. The average molecular weight is 507 g/mol. The van der Waals surface area contributed by atoms with Crippen molar-refractivity contribution in [1.82, 2.24) is 30.3 Å². The Morgan fingerprint density at radius 3 is 2.67 bits per heavy atom. The summed E-state index contributed by atoms with van der Waals surface area (Å²) in [5.74, 6) is 0.319. The maximum absolute atomic E-state index is 13.0. The van der Waals surface area contributed by atoms with Crippen molar-refractivity contribution in [2.45, 2.75) is 32.3 Å². The summed E-state index contributed by atoms with van der Waals surface area (Å²) >= 11 is 6.82. The number of aliphatic hydroxyl groups is 1. The molecule has 0 saturated heterocycles. The summed E-state index contributed by atoms with van der Waals surface area (Å²) in [6, 6.07) is 8.95. The van der Waals surface area contributed by atoms with Crippen molar-refractivity contribution in [3.05, 3.63) is 75.3 Å². The molecule has 0 aliphatic heterocycles. The normalized spacial score (nSPS) is 15.1. The minimum Gasteiger partial charge on any atom is -0.480 e. The van der Waals surface area contributed by atoms with Crippen LogP contribution in [0.4, 0.5) is 0 Å². The monoisotopic (exact) mass is 506 g/mol. The number of ether oxygens (including phenoxy) is 1. The summed E-state index contributed by atoms with van der Waals surface area (Å²) in [6.07, 6.45) is 3.74. The van der Waals surface area contributed by atoms with Crippen molar-refractivity contribution in [3.8, 4) is 5.88 Å². The Morgan fingerprint density at radius 1 is 1.25 bits per heavy atom. The molecule has 1 fully saturated rings. The average Bonchev–Trinajstić information content (AvgIpc) is 3.59. The number of hydrogen-bond donors (Lipinski definition) is 2. The molecule has 1 aliphatic rings. The highest BCUT2D eigenvalue weighted by Crippen LogP contribution is 2.41. The number of halogens is 1. The maximum Gasteiger partial charge on any atom is 0.258 e. The standard InChI is InChI=1S/C26H27ClN6O3/c1-14-5-9-19(15(2)30-14)26(35,21-13-29-32-33(21)3)17-8-10-20-18(11-17)23(27)22(25(31-20)36-4)24(34)28-12-16-6-7-16/h5,8-11,13,16,35H,6-7,12H2,1-4H3,(H,28,34). The lowest BCUT2D eigenvalue weighted by Crippen LogP contribution is -2.32. The van der Waals surface area contributed by atoms with Crippen molar-refractivity contribution in [1.29, 1.82) is 0 Å². The second-order valence-electron chi connectivity index (χ2n) is 9.23. The van der Waals surface area contributed by atoms with Gasteiger partial charge in [0.2, 0.25) is 5.88 Å². The molecule has 3 aromatic heterocycles. The van der Waals surface area contributed by atoms with Gasteiger partial charge in [-0.2, -0.15) is 0 Å². The van der Waals surface area contributed by atoms with Crippen molar-refractivity contribution >= 4 is 28.4 Å². The van der Waals surface area contributed by atoms with E-state index in [-0.39, 0.29) is 22.4 Å². The number of pyridine rings is 2. The summed E-state index contributed by atoms with van der Waals surface area (Å²) in [7, 11) is 3.17. The highest BCUT2D eigenvalue weighted by Gasteiger charge is 2.39. The fraction of sp³-hybridized carbons (Fsp3) is 0.346. The van der Waals surface area contributed by atoms with E-state index in [9.17, 15) is 9.90 Å².